The lowest BCUT2D eigenvalue weighted by atomic mass is 10.2. The number of carbonyl (C=O) groups excluding carboxylic acids is 1. The number of fused-ring (bicyclic) bond motifs is 1. The van der Waals surface area contributed by atoms with E-state index in [0.717, 1.165) is 16.7 Å². The molecule has 0 saturated carbocycles. The lowest BCUT2D eigenvalue weighted by Gasteiger charge is -2.14. The van der Waals surface area contributed by atoms with E-state index < -0.39 is 0 Å². The second kappa shape index (κ2) is 4.22. The number of aromatic nitrogens is 1. The Kier molecular flexibility index (Phi) is 2.76. The minimum Gasteiger partial charge on any atom is -0.453 e. The van der Waals surface area contributed by atoms with Gasteiger partial charge in [-0.15, -0.1) is 0 Å². The quantitative estimate of drug-likeness (QED) is 0.777. The Hall–Kier alpha value is -2.04. The highest BCUT2D eigenvalue weighted by molar-refractivity contribution is 5.73. The van der Waals surface area contributed by atoms with E-state index in [2.05, 4.69) is 9.72 Å². The van der Waals surface area contributed by atoms with E-state index >= 15 is 0 Å². The topological polar surface area (TPSA) is 55.6 Å². The van der Waals surface area contributed by atoms with Crippen LogP contribution in [0.15, 0.2) is 29.0 Å². The second-order valence-corrected chi connectivity index (χ2v) is 3.48. The molecule has 1 aromatic carbocycles. The number of nitrogens with zero attached hydrogens (tertiary/aromatic N) is 2. The molecule has 16 heavy (non-hydrogen) atoms. The highest BCUT2D eigenvalue weighted by Gasteiger charge is 2.09. The molecule has 0 spiro atoms. The molecule has 0 aliphatic carbocycles. The maximum atomic E-state index is 11.2. The van der Waals surface area contributed by atoms with Gasteiger partial charge in [0.2, 0.25) is 0 Å². The largest absolute Gasteiger partial charge is 0.453 e. The molecule has 0 radical (unpaired) electrons. The first kappa shape index (κ1) is 10.5. The Morgan fingerprint density at radius 2 is 2.38 bits per heavy atom. The molecule has 0 N–H and O–H groups in total. The number of amides is 1. The zero-order chi connectivity index (χ0) is 11.5. The zero-order valence-corrected chi connectivity index (χ0v) is 9.14. The minimum absolute atomic E-state index is 0.363. The molecule has 84 valence electrons. The van der Waals surface area contributed by atoms with E-state index in [1.165, 1.54) is 18.4 Å². The molecule has 0 aliphatic heterocycles. The van der Waals surface area contributed by atoms with Crippen LogP contribution in [0.25, 0.3) is 11.1 Å². The van der Waals surface area contributed by atoms with E-state index in [1.54, 1.807) is 7.05 Å². The van der Waals surface area contributed by atoms with Crippen LogP contribution in [0, 0.1) is 0 Å². The highest BCUT2D eigenvalue weighted by Crippen LogP contribution is 2.15. The van der Waals surface area contributed by atoms with Crippen molar-refractivity contribution in [3.63, 3.8) is 0 Å². The van der Waals surface area contributed by atoms with E-state index in [1.807, 2.05) is 18.2 Å². The summed E-state index contributed by atoms with van der Waals surface area (Å²) in [5.74, 6) is 0. The van der Waals surface area contributed by atoms with Crippen LogP contribution >= 0.6 is 0 Å². The van der Waals surface area contributed by atoms with Gasteiger partial charge in [-0.05, 0) is 17.7 Å². The lowest BCUT2D eigenvalue weighted by Crippen LogP contribution is -2.25. The maximum Gasteiger partial charge on any atom is 0.409 e. The Morgan fingerprint density at radius 3 is 3.12 bits per heavy atom. The van der Waals surface area contributed by atoms with Crippen molar-refractivity contribution in [2.24, 2.45) is 0 Å². The van der Waals surface area contributed by atoms with Crippen LogP contribution in [0.5, 0.6) is 0 Å². The molecule has 1 aromatic heterocycles. The molecular weight excluding hydrogens is 208 g/mol. The molecule has 0 aliphatic rings. The third-order valence-corrected chi connectivity index (χ3v) is 2.30. The van der Waals surface area contributed by atoms with Crippen molar-refractivity contribution in [1.29, 1.82) is 0 Å². The summed E-state index contributed by atoms with van der Waals surface area (Å²) in [4.78, 5) is 16.7. The van der Waals surface area contributed by atoms with Gasteiger partial charge in [0, 0.05) is 13.6 Å². The number of benzene rings is 1. The fraction of sp³-hybridized carbons (Fsp3) is 0.273. The van der Waals surface area contributed by atoms with Crippen molar-refractivity contribution in [3.8, 4) is 0 Å². The van der Waals surface area contributed by atoms with Crippen LogP contribution in [0.4, 0.5) is 4.79 Å². The summed E-state index contributed by atoms with van der Waals surface area (Å²) in [6.07, 6.45) is 1.04. The van der Waals surface area contributed by atoms with Crippen molar-refractivity contribution in [3.05, 3.63) is 30.2 Å². The number of hydrogen-bond donors (Lipinski definition) is 0. The van der Waals surface area contributed by atoms with Gasteiger partial charge in [-0.1, -0.05) is 6.07 Å². The van der Waals surface area contributed by atoms with Gasteiger partial charge in [0.05, 0.1) is 7.11 Å². The number of oxazole rings is 1. The molecule has 0 fully saturated rings. The van der Waals surface area contributed by atoms with E-state index in [4.69, 9.17) is 4.42 Å². The summed E-state index contributed by atoms with van der Waals surface area (Å²) >= 11 is 0. The summed E-state index contributed by atoms with van der Waals surface area (Å²) in [5, 5.41) is 0. The molecule has 5 heteroatoms. The molecule has 1 amide bonds. The molecular formula is C11H12N2O3. The van der Waals surface area contributed by atoms with Gasteiger partial charge in [0.25, 0.3) is 0 Å². The lowest BCUT2D eigenvalue weighted by molar-refractivity contribution is 0.131. The van der Waals surface area contributed by atoms with Crippen LogP contribution in [0.1, 0.15) is 5.56 Å². The van der Waals surface area contributed by atoms with Crippen molar-refractivity contribution < 1.29 is 13.9 Å². The normalized spacial score (nSPS) is 10.4. The van der Waals surface area contributed by atoms with E-state index in [0.29, 0.717) is 6.54 Å². The first-order chi connectivity index (χ1) is 7.70. The monoisotopic (exact) mass is 220 g/mol. The van der Waals surface area contributed by atoms with Gasteiger partial charge in [0.15, 0.2) is 12.0 Å². The average molecular weight is 220 g/mol. The Balaban J connectivity index is 2.17. The first-order valence-corrected chi connectivity index (χ1v) is 4.82. The first-order valence-electron chi connectivity index (χ1n) is 4.82. The van der Waals surface area contributed by atoms with Crippen LogP contribution in [-0.2, 0) is 11.3 Å². The predicted octanol–water partition coefficient (Wildman–Crippen LogP) is 2.03. The van der Waals surface area contributed by atoms with E-state index in [9.17, 15) is 4.79 Å². The summed E-state index contributed by atoms with van der Waals surface area (Å²) in [7, 11) is 3.04. The molecule has 1 heterocycles. The van der Waals surface area contributed by atoms with Gasteiger partial charge in [-0.2, -0.15) is 0 Å². The van der Waals surface area contributed by atoms with Crippen LogP contribution in [0.3, 0.4) is 0 Å². The summed E-state index contributed by atoms with van der Waals surface area (Å²) < 4.78 is 9.79. The summed E-state index contributed by atoms with van der Waals surface area (Å²) in [5.41, 5.74) is 2.50. The zero-order valence-electron chi connectivity index (χ0n) is 9.14. The van der Waals surface area contributed by atoms with Crippen LogP contribution in [-0.4, -0.2) is 30.1 Å². The molecule has 0 unspecified atom stereocenters. The molecule has 2 rings (SSSR count). The second-order valence-electron chi connectivity index (χ2n) is 3.48. The predicted molar refractivity (Wildman–Crippen MR) is 57.9 cm³/mol. The number of carbonyl (C=O) groups is 1. The molecule has 5 nitrogen and oxygen atoms in total. The highest BCUT2D eigenvalue weighted by atomic mass is 16.5. The minimum atomic E-state index is -0.363. The fourth-order valence-corrected chi connectivity index (χ4v) is 1.49. The standard InChI is InChI=1S/C11H12N2O3/c1-13(11(14)15-2)6-8-3-4-9-10(5-8)16-7-12-9/h3-5,7H,6H2,1-2H3. The van der Waals surface area contributed by atoms with Gasteiger partial charge in [-0.3, -0.25) is 0 Å². The number of ether oxygens (including phenoxy) is 1. The molecule has 0 saturated heterocycles. The number of rotatable bonds is 2. The molecule has 2 aromatic rings. The average Bonchev–Trinajstić information content (AvgIpc) is 2.75. The Bertz CT molecular complexity index is 507. The summed E-state index contributed by atoms with van der Waals surface area (Å²) in [6, 6.07) is 5.63. The van der Waals surface area contributed by atoms with Gasteiger partial charge >= 0.3 is 6.09 Å². The number of hydrogen-bond acceptors (Lipinski definition) is 4. The molecule has 0 bridgehead atoms. The third kappa shape index (κ3) is 1.98. The summed E-state index contributed by atoms with van der Waals surface area (Å²) in [6.45, 7) is 0.476. The van der Waals surface area contributed by atoms with Gasteiger partial charge in [0.1, 0.15) is 5.52 Å². The van der Waals surface area contributed by atoms with E-state index in [-0.39, 0.29) is 6.09 Å². The third-order valence-electron chi connectivity index (χ3n) is 2.30. The van der Waals surface area contributed by atoms with Crippen molar-refractivity contribution in [2.45, 2.75) is 6.54 Å². The van der Waals surface area contributed by atoms with Crippen molar-refractivity contribution in [2.75, 3.05) is 14.2 Å². The van der Waals surface area contributed by atoms with Crippen LogP contribution < -0.4 is 0 Å². The van der Waals surface area contributed by atoms with Gasteiger partial charge < -0.3 is 14.1 Å². The fourth-order valence-electron chi connectivity index (χ4n) is 1.49. The van der Waals surface area contributed by atoms with Crippen molar-refractivity contribution >= 4 is 17.2 Å². The van der Waals surface area contributed by atoms with Crippen molar-refractivity contribution in [1.82, 2.24) is 9.88 Å². The number of methoxy groups -OCH3 is 1. The Labute approximate surface area is 92.6 Å². The molecule has 0 atom stereocenters. The Morgan fingerprint density at radius 1 is 1.56 bits per heavy atom. The van der Waals surface area contributed by atoms with Gasteiger partial charge in [-0.25, -0.2) is 9.78 Å². The van der Waals surface area contributed by atoms with Crippen LogP contribution in [0.2, 0.25) is 0 Å². The smallest absolute Gasteiger partial charge is 0.409 e. The maximum absolute atomic E-state index is 11.2. The SMILES string of the molecule is COC(=O)N(C)Cc1ccc2ncoc2c1.